The zero-order valence-corrected chi connectivity index (χ0v) is 9.98. The quantitative estimate of drug-likeness (QED) is 0.551. The summed E-state index contributed by atoms with van der Waals surface area (Å²) in [5.74, 6) is 0. The fourth-order valence-corrected chi connectivity index (χ4v) is 1.54. The van der Waals surface area contributed by atoms with Gasteiger partial charge in [-0.05, 0) is 11.6 Å². The first-order valence-corrected chi connectivity index (χ1v) is 5.14. The number of hydrogen-bond acceptors (Lipinski definition) is 1. The summed E-state index contributed by atoms with van der Waals surface area (Å²) in [6, 6.07) is 1.62. The van der Waals surface area contributed by atoms with Crippen LogP contribution in [0.1, 0.15) is 5.56 Å². The summed E-state index contributed by atoms with van der Waals surface area (Å²) in [4.78, 5) is 3.82. The van der Waals surface area contributed by atoms with Crippen molar-refractivity contribution in [3.05, 3.63) is 28.0 Å². The monoisotopic (exact) mass is 277 g/mol. The molecule has 0 aliphatic heterocycles. The van der Waals surface area contributed by atoms with Gasteiger partial charge in [0.05, 0.1) is 5.02 Å². The molecule has 13 heavy (non-hydrogen) atoms. The summed E-state index contributed by atoms with van der Waals surface area (Å²) in [6.45, 7) is 0. The number of pyridine rings is 1. The largest absolute Gasteiger partial charge is 0.243 e. The van der Waals surface area contributed by atoms with Crippen molar-refractivity contribution in [1.82, 2.24) is 4.98 Å². The predicted molar refractivity (Wildman–Crippen MR) is 58.3 cm³/mol. The first-order chi connectivity index (χ1) is 5.88. The van der Waals surface area contributed by atoms with Crippen LogP contribution in [0.4, 0.5) is 0 Å². The zero-order chi connectivity index (χ0) is 10.1. The minimum Gasteiger partial charge on any atom is -0.243 e. The van der Waals surface area contributed by atoms with Crippen LogP contribution in [0, 0.1) is 0 Å². The van der Waals surface area contributed by atoms with Crippen LogP contribution < -0.4 is 0 Å². The molecule has 1 aromatic heterocycles. The van der Waals surface area contributed by atoms with E-state index in [0.29, 0.717) is 5.02 Å². The van der Waals surface area contributed by atoms with Crippen molar-refractivity contribution < 1.29 is 0 Å². The minimum absolute atomic E-state index is 0.245. The van der Waals surface area contributed by atoms with E-state index in [4.69, 9.17) is 58.0 Å². The van der Waals surface area contributed by atoms with E-state index in [2.05, 4.69) is 4.98 Å². The molecule has 0 atom stereocenters. The maximum atomic E-state index is 5.72. The standard InChI is InChI=1S/C7H4Cl5N/c8-5-1-4(2-7(10,11)12)3-13-6(5)9/h1,3H,2H2. The van der Waals surface area contributed by atoms with E-state index >= 15 is 0 Å². The molecule has 6 heteroatoms. The highest BCUT2D eigenvalue weighted by atomic mass is 35.6. The summed E-state index contributed by atoms with van der Waals surface area (Å²) in [5.41, 5.74) is 0.731. The molecule has 72 valence electrons. The Balaban J connectivity index is 2.86. The van der Waals surface area contributed by atoms with Crippen molar-refractivity contribution >= 4 is 58.0 Å². The van der Waals surface area contributed by atoms with Gasteiger partial charge in [0.2, 0.25) is 0 Å². The summed E-state index contributed by atoms with van der Waals surface area (Å²) in [7, 11) is 0. The lowest BCUT2D eigenvalue weighted by molar-refractivity contribution is 1.00. The van der Waals surface area contributed by atoms with Crippen molar-refractivity contribution in [2.75, 3.05) is 0 Å². The molecule has 0 N–H and O–H groups in total. The van der Waals surface area contributed by atoms with Crippen LogP contribution in [0.2, 0.25) is 10.2 Å². The fraction of sp³-hybridized carbons (Fsp3) is 0.286. The SMILES string of the molecule is Clc1cc(CC(Cl)(Cl)Cl)cnc1Cl. The van der Waals surface area contributed by atoms with Gasteiger partial charge < -0.3 is 0 Å². The molecule has 0 bridgehead atoms. The molecule has 0 saturated carbocycles. The van der Waals surface area contributed by atoms with Gasteiger partial charge in [0.15, 0.2) is 3.79 Å². The second-order valence-corrected chi connectivity index (χ2v) is 5.69. The molecule has 0 aliphatic rings. The average molecular weight is 279 g/mol. The van der Waals surface area contributed by atoms with E-state index < -0.39 is 3.79 Å². The third-order valence-corrected chi connectivity index (χ3v) is 2.34. The van der Waals surface area contributed by atoms with Crippen LogP contribution in [0.3, 0.4) is 0 Å². The van der Waals surface area contributed by atoms with Crippen LogP contribution in [-0.2, 0) is 6.42 Å². The van der Waals surface area contributed by atoms with Crippen LogP contribution in [0.15, 0.2) is 12.3 Å². The summed E-state index contributed by atoms with van der Waals surface area (Å²) in [6.07, 6.45) is 1.78. The van der Waals surface area contributed by atoms with Gasteiger partial charge >= 0.3 is 0 Å². The van der Waals surface area contributed by atoms with Crippen LogP contribution in [0.25, 0.3) is 0 Å². The molecule has 0 unspecified atom stereocenters. The zero-order valence-electron chi connectivity index (χ0n) is 6.20. The fourth-order valence-electron chi connectivity index (χ4n) is 0.789. The molecule has 0 radical (unpaired) electrons. The lowest BCUT2D eigenvalue weighted by atomic mass is 10.2. The smallest absolute Gasteiger partial charge is 0.194 e. The van der Waals surface area contributed by atoms with Gasteiger partial charge in [-0.3, -0.25) is 0 Å². The molecule has 1 nitrogen and oxygen atoms in total. The molecular formula is C7H4Cl5N. The highest BCUT2D eigenvalue weighted by Gasteiger charge is 2.20. The van der Waals surface area contributed by atoms with E-state index in [9.17, 15) is 0 Å². The van der Waals surface area contributed by atoms with Crippen molar-refractivity contribution in [2.24, 2.45) is 0 Å². The Morgan fingerprint density at radius 2 is 1.85 bits per heavy atom. The maximum Gasteiger partial charge on any atom is 0.194 e. The van der Waals surface area contributed by atoms with Gasteiger partial charge in [0.1, 0.15) is 5.15 Å². The molecule has 0 fully saturated rings. The second-order valence-electron chi connectivity index (χ2n) is 2.41. The third kappa shape index (κ3) is 4.09. The van der Waals surface area contributed by atoms with Crippen molar-refractivity contribution in [3.8, 4) is 0 Å². The molecule has 0 aliphatic carbocycles. The number of aromatic nitrogens is 1. The maximum absolute atomic E-state index is 5.72. The van der Waals surface area contributed by atoms with Gasteiger partial charge in [-0.2, -0.15) is 0 Å². The molecule has 0 spiro atoms. The van der Waals surface area contributed by atoms with Crippen LogP contribution in [0.5, 0.6) is 0 Å². The van der Waals surface area contributed by atoms with E-state index in [1.165, 1.54) is 6.20 Å². The van der Waals surface area contributed by atoms with Crippen molar-refractivity contribution in [2.45, 2.75) is 10.2 Å². The highest BCUT2D eigenvalue weighted by molar-refractivity contribution is 6.67. The van der Waals surface area contributed by atoms with E-state index in [1.54, 1.807) is 6.07 Å². The highest BCUT2D eigenvalue weighted by Crippen LogP contribution is 2.31. The number of hydrogen-bond donors (Lipinski definition) is 0. The summed E-state index contributed by atoms with van der Waals surface area (Å²) >= 11 is 28.1. The Kier molecular flexibility index (Phi) is 3.96. The molecule has 0 saturated heterocycles. The summed E-state index contributed by atoms with van der Waals surface area (Å²) < 4.78 is -1.33. The Labute approximate surface area is 101 Å². The molecule has 1 rings (SSSR count). The van der Waals surface area contributed by atoms with Crippen LogP contribution in [-0.4, -0.2) is 8.78 Å². The van der Waals surface area contributed by atoms with Gasteiger partial charge in [-0.15, -0.1) is 0 Å². The Morgan fingerprint density at radius 3 is 2.31 bits per heavy atom. The van der Waals surface area contributed by atoms with Crippen LogP contribution >= 0.6 is 58.0 Å². The third-order valence-electron chi connectivity index (χ3n) is 1.26. The lowest BCUT2D eigenvalue weighted by Crippen LogP contribution is -2.06. The molecular weight excluding hydrogens is 275 g/mol. The van der Waals surface area contributed by atoms with E-state index in [1.807, 2.05) is 0 Å². The topological polar surface area (TPSA) is 12.9 Å². The number of halogens is 5. The Morgan fingerprint density at radius 1 is 1.23 bits per heavy atom. The molecule has 0 aromatic carbocycles. The van der Waals surface area contributed by atoms with Gasteiger partial charge in [0, 0.05) is 12.6 Å². The lowest BCUT2D eigenvalue weighted by Gasteiger charge is -2.10. The number of nitrogens with zero attached hydrogens (tertiary/aromatic N) is 1. The van der Waals surface area contributed by atoms with Crippen molar-refractivity contribution in [1.29, 1.82) is 0 Å². The first-order valence-electron chi connectivity index (χ1n) is 3.25. The predicted octanol–water partition coefficient (Wildman–Crippen LogP) is 4.30. The van der Waals surface area contributed by atoms with Crippen molar-refractivity contribution in [3.63, 3.8) is 0 Å². The Hall–Kier alpha value is 0.600. The normalized spacial score (nSPS) is 11.8. The van der Waals surface area contributed by atoms with E-state index in [-0.39, 0.29) is 11.6 Å². The first kappa shape index (κ1) is 11.7. The summed E-state index contributed by atoms with van der Waals surface area (Å²) in [5, 5.41) is 0.600. The van der Waals surface area contributed by atoms with E-state index in [0.717, 1.165) is 5.56 Å². The van der Waals surface area contributed by atoms with Gasteiger partial charge in [-0.1, -0.05) is 58.0 Å². The molecule has 0 amide bonds. The van der Waals surface area contributed by atoms with Gasteiger partial charge in [-0.25, -0.2) is 4.98 Å². The number of rotatable bonds is 1. The Bertz CT molecular complexity index is 306. The second kappa shape index (κ2) is 4.41. The average Bonchev–Trinajstić information content (AvgIpc) is 1.94. The molecule has 1 aromatic rings. The van der Waals surface area contributed by atoms with Gasteiger partial charge in [0.25, 0.3) is 0 Å². The number of alkyl halides is 3. The molecule has 1 heterocycles. The minimum atomic E-state index is -1.33.